The molecule has 0 radical (unpaired) electrons. The average molecular weight is 681 g/mol. The Bertz CT molecular complexity index is 3120. The predicted molar refractivity (Wildman–Crippen MR) is 212 cm³/mol. The zero-order chi connectivity index (χ0) is 34.9. The molecule has 4 heterocycles. The van der Waals surface area contributed by atoms with Crippen molar-refractivity contribution in [2.45, 2.75) is 0 Å². The predicted octanol–water partition coefficient (Wildman–Crippen LogP) is 11.2. The van der Waals surface area contributed by atoms with Gasteiger partial charge in [0.2, 0.25) is 17.8 Å². The lowest BCUT2D eigenvalue weighted by Gasteiger charge is -2.13. The Morgan fingerprint density at radius 1 is 0.377 bits per heavy atom. The van der Waals surface area contributed by atoms with E-state index in [-0.39, 0.29) is 0 Å². The lowest BCUT2D eigenvalue weighted by molar-refractivity contribution is 0.620. The van der Waals surface area contributed by atoms with Gasteiger partial charge in [-0.3, -0.25) is 9.13 Å². The minimum Gasteiger partial charge on any atom is -0.435 e. The van der Waals surface area contributed by atoms with Gasteiger partial charge < -0.3 is 4.42 Å². The fourth-order valence-electron chi connectivity index (χ4n) is 7.64. The van der Waals surface area contributed by atoms with Crippen LogP contribution in [0.25, 0.3) is 101 Å². The number of aromatic nitrogens is 6. The molecule has 0 saturated heterocycles. The molecule has 0 aliphatic heterocycles. The number of para-hydroxylation sites is 4. The number of rotatable bonds is 5. The van der Waals surface area contributed by atoms with Crippen molar-refractivity contribution in [3.8, 4) is 45.9 Å². The van der Waals surface area contributed by atoms with Crippen LogP contribution < -0.4 is 0 Å². The van der Waals surface area contributed by atoms with Crippen molar-refractivity contribution in [2.24, 2.45) is 0 Å². The smallest absolute Gasteiger partial charge is 0.240 e. The lowest BCUT2D eigenvalue weighted by atomic mass is 10.0. The highest BCUT2D eigenvalue weighted by Gasteiger charge is 2.22. The van der Waals surface area contributed by atoms with Gasteiger partial charge in [-0.05, 0) is 59.7 Å². The summed E-state index contributed by atoms with van der Waals surface area (Å²) in [6, 6.07) is 58.2. The lowest BCUT2D eigenvalue weighted by Crippen LogP contribution is -2.10. The molecular weight excluding hydrogens is 653 g/mol. The molecule has 7 aromatic carbocycles. The standard InChI is InChI=1S/C46H28N6O/c1-3-14-29(15-4-1)31-26-27-35-34-20-9-12-25-40(34)52(41(35)28-31)46-49-43(36-21-13-22-37-42(36)53-44(47-37)30-16-5-2-6-17-30)48-45(50-46)51-38-23-10-7-18-32(38)33-19-8-11-24-39(33)51/h1-28H. The van der Waals surface area contributed by atoms with Gasteiger partial charge >= 0.3 is 0 Å². The molecule has 0 N–H and O–H groups in total. The fraction of sp³-hybridized carbons (Fsp3) is 0. The number of hydrogen-bond donors (Lipinski definition) is 0. The van der Waals surface area contributed by atoms with E-state index in [0.717, 1.165) is 71.4 Å². The van der Waals surface area contributed by atoms with Crippen LogP contribution in [0.15, 0.2) is 174 Å². The minimum absolute atomic E-state index is 0.485. The Kier molecular flexibility index (Phi) is 6.42. The first-order valence-corrected chi connectivity index (χ1v) is 17.6. The van der Waals surface area contributed by atoms with Crippen LogP contribution in [0.4, 0.5) is 0 Å². The Balaban J connectivity index is 1.24. The number of oxazole rings is 1. The number of fused-ring (bicyclic) bond motifs is 7. The van der Waals surface area contributed by atoms with E-state index < -0.39 is 0 Å². The molecule has 0 unspecified atom stereocenters. The Labute approximate surface area is 303 Å². The van der Waals surface area contributed by atoms with E-state index in [1.165, 1.54) is 0 Å². The Morgan fingerprint density at radius 3 is 1.53 bits per heavy atom. The molecule has 0 atom stereocenters. The second kappa shape index (κ2) is 11.6. The molecule has 0 aliphatic carbocycles. The van der Waals surface area contributed by atoms with E-state index in [9.17, 15) is 0 Å². The SMILES string of the molecule is c1ccc(-c2ccc3c4ccccc4n(-c4nc(-c5cccc6nc(-c7ccccc7)oc56)nc(-n5c6ccccc6c6ccccc65)n4)c3c2)cc1. The van der Waals surface area contributed by atoms with Crippen LogP contribution in [0.3, 0.4) is 0 Å². The molecule has 0 spiro atoms. The molecule has 4 aromatic heterocycles. The van der Waals surface area contributed by atoms with Gasteiger partial charge in [-0.25, -0.2) is 4.98 Å². The summed E-state index contributed by atoms with van der Waals surface area (Å²) in [4.78, 5) is 20.7. The van der Waals surface area contributed by atoms with Crippen molar-refractivity contribution in [1.82, 2.24) is 29.1 Å². The molecule has 11 rings (SSSR count). The van der Waals surface area contributed by atoms with Crippen LogP contribution in [-0.4, -0.2) is 29.1 Å². The van der Waals surface area contributed by atoms with Crippen molar-refractivity contribution in [2.75, 3.05) is 0 Å². The van der Waals surface area contributed by atoms with Crippen LogP contribution in [0, 0.1) is 0 Å². The third-order valence-corrected chi connectivity index (χ3v) is 10.0. The second-order valence-electron chi connectivity index (χ2n) is 13.1. The monoisotopic (exact) mass is 680 g/mol. The Hall–Kier alpha value is -7.38. The molecule has 11 aromatic rings. The first kappa shape index (κ1) is 29.4. The summed E-state index contributed by atoms with van der Waals surface area (Å²) >= 11 is 0. The molecule has 248 valence electrons. The normalized spacial score (nSPS) is 11.8. The first-order chi connectivity index (χ1) is 26.3. The first-order valence-electron chi connectivity index (χ1n) is 17.6. The van der Waals surface area contributed by atoms with E-state index >= 15 is 0 Å². The van der Waals surface area contributed by atoms with Crippen molar-refractivity contribution in [3.05, 3.63) is 170 Å². The molecule has 0 bridgehead atoms. The third-order valence-electron chi connectivity index (χ3n) is 10.0. The van der Waals surface area contributed by atoms with Crippen LogP contribution in [-0.2, 0) is 0 Å². The van der Waals surface area contributed by atoms with Crippen molar-refractivity contribution in [1.29, 1.82) is 0 Å². The summed E-state index contributed by atoms with van der Waals surface area (Å²) in [7, 11) is 0. The maximum atomic E-state index is 6.52. The van der Waals surface area contributed by atoms with E-state index in [0.29, 0.717) is 29.2 Å². The molecule has 53 heavy (non-hydrogen) atoms. The van der Waals surface area contributed by atoms with E-state index in [1.54, 1.807) is 0 Å². The van der Waals surface area contributed by atoms with Gasteiger partial charge in [0.25, 0.3) is 0 Å². The Morgan fingerprint density at radius 2 is 0.906 bits per heavy atom. The minimum atomic E-state index is 0.485. The van der Waals surface area contributed by atoms with E-state index in [2.05, 4.69) is 124 Å². The molecule has 0 aliphatic rings. The fourth-order valence-corrected chi connectivity index (χ4v) is 7.64. The molecule has 0 amide bonds. The summed E-state index contributed by atoms with van der Waals surface area (Å²) in [6.07, 6.45) is 0. The summed E-state index contributed by atoms with van der Waals surface area (Å²) in [5, 5.41) is 4.49. The summed E-state index contributed by atoms with van der Waals surface area (Å²) in [5.74, 6) is 2.04. The van der Waals surface area contributed by atoms with Gasteiger partial charge in [0.05, 0.1) is 27.6 Å². The maximum absolute atomic E-state index is 6.52. The molecular formula is C46H28N6O. The van der Waals surface area contributed by atoms with E-state index in [4.69, 9.17) is 24.4 Å². The zero-order valence-corrected chi connectivity index (χ0v) is 28.3. The summed E-state index contributed by atoms with van der Waals surface area (Å²) in [6.45, 7) is 0. The van der Waals surface area contributed by atoms with E-state index in [1.807, 2.05) is 54.6 Å². The maximum Gasteiger partial charge on any atom is 0.240 e. The highest BCUT2D eigenvalue weighted by molar-refractivity contribution is 6.11. The molecule has 0 fully saturated rings. The van der Waals surface area contributed by atoms with Gasteiger partial charge in [-0.15, -0.1) is 0 Å². The largest absolute Gasteiger partial charge is 0.435 e. The molecule has 0 saturated carbocycles. The average Bonchev–Trinajstić information content (AvgIpc) is 3.92. The van der Waals surface area contributed by atoms with Crippen LogP contribution in [0.5, 0.6) is 0 Å². The van der Waals surface area contributed by atoms with Crippen molar-refractivity contribution < 1.29 is 4.42 Å². The van der Waals surface area contributed by atoms with Crippen LogP contribution in [0.2, 0.25) is 0 Å². The summed E-state index contributed by atoms with van der Waals surface area (Å²) < 4.78 is 10.8. The number of nitrogens with zero attached hydrogens (tertiary/aromatic N) is 6. The van der Waals surface area contributed by atoms with Gasteiger partial charge in [0.1, 0.15) is 5.52 Å². The van der Waals surface area contributed by atoms with Gasteiger partial charge in [0, 0.05) is 27.1 Å². The molecule has 7 heteroatoms. The summed E-state index contributed by atoms with van der Waals surface area (Å²) in [5.41, 5.74) is 9.24. The molecule has 7 nitrogen and oxygen atoms in total. The van der Waals surface area contributed by atoms with Crippen molar-refractivity contribution in [3.63, 3.8) is 0 Å². The van der Waals surface area contributed by atoms with Crippen LogP contribution >= 0.6 is 0 Å². The van der Waals surface area contributed by atoms with Gasteiger partial charge in [-0.2, -0.15) is 15.0 Å². The van der Waals surface area contributed by atoms with Gasteiger partial charge in [0.15, 0.2) is 11.4 Å². The topological polar surface area (TPSA) is 74.6 Å². The second-order valence-corrected chi connectivity index (χ2v) is 13.1. The van der Waals surface area contributed by atoms with Crippen molar-refractivity contribution >= 4 is 54.7 Å². The zero-order valence-electron chi connectivity index (χ0n) is 28.3. The van der Waals surface area contributed by atoms with Crippen LogP contribution in [0.1, 0.15) is 0 Å². The van der Waals surface area contributed by atoms with Gasteiger partial charge in [-0.1, -0.05) is 121 Å². The number of benzene rings is 7. The third kappa shape index (κ3) is 4.61. The highest BCUT2D eigenvalue weighted by atomic mass is 16.3. The number of hydrogen-bond acceptors (Lipinski definition) is 5. The quantitative estimate of drug-likeness (QED) is 0.181. The highest BCUT2D eigenvalue weighted by Crippen LogP contribution is 2.37.